The van der Waals surface area contributed by atoms with E-state index in [0.717, 1.165) is 87.0 Å². The van der Waals surface area contributed by atoms with E-state index in [1.54, 1.807) is 0 Å². The van der Waals surface area contributed by atoms with Crippen LogP contribution in [-0.4, -0.2) is 65.6 Å². The Labute approximate surface area is 214 Å². The number of amides is 1. The first-order valence-electron chi connectivity index (χ1n) is 13.4. The number of nitrogens with zero attached hydrogens (tertiary/aromatic N) is 2. The van der Waals surface area contributed by atoms with Crippen molar-refractivity contribution in [2.45, 2.75) is 56.8 Å². The number of piperazine rings is 1. The number of aromatic amines is 1. The summed E-state index contributed by atoms with van der Waals surface area (Å²) in [6.45, 7) is 5.54. The largest absolute Gasteiger partial charge is 0.355 e. The minimum absolute atomic E-state index is 0.115. The third kappa shape index (κ3) is 5.81. The van der Waals surface area contributed by atoms with Gasteiger partial charge in [-0.25, -0.2) is 0 Å². The van der Waals surface area contributed by atoms with Gasteiger partial charge in [0, 0.05) is 55.7 Å². The summed E-state index contributed by atoms with van der Waals surface area (Å²) in [6, 6.07) is 17.4. The molecule has 0 spiro atoms. The van der Waals surface area contributed by atoms with Gasteiger partial charge in [0.2, 0.25) is 5.91 Å². The zero-order valence-electron chi connectivity index (χ0n) is 21.4. The Balaban J connectivity index is 1.21. The third-order valence-corrected chi connectivity index (χ3v) is 7.92. The fourth-order valence-corrected chi connectivity index (χ4v) is 5.55. The van der Waals surface area contributed by atoms with E-state index in [0.29, 0.717) is 6.42 Å². The van der Waals surface area contributed by atoms with E-state index in [-0.39, 0.29) is 5.91 Å². The molecule has 0 unspecified atom stereocenters. The van der Waals surface area contributed by atoms with E-state index in [2.05, 4.69) is 75.7 Å². The minimum Gasteiger partial charge on any atom is -0.355 e. The van der Waals surface area contributed by atoms with Gasteiger partial charge < -0.3 is 26.7 Å². The average molecular weight is 489 g/mol. The van der Waals surface area contributed by atoms with E-state index >= 15 is 0 Å². The van der Waals surface area contributed by atoms with Crippen LogP contribution in [0.5, 0.6) is 0 Å². The van der Waals surface area contributed by atoms with Gasteiger partial charge in [-0.1, -0.05) is 49.6 Å². The first kappa shape index (κ1) is 25.0. The van der Waals surface area contributed by atoms with Crippen LogP contribution in [-0.2, 0) is 17.8 Å². The topological polar surface area (TPSA) is 103 Å². The van der Waals surface area contributed by atoms with Crippen LogP contribution in [0.2, 0.25) is 0 Å². The zero-order chi connectivity index (χ0) is 25.1. The second kappa shape index (κ2) is 10.7. The van der Waals surface area contributed by atoms with Gasteiger partial charge in [-0.3, -0.25) is 9.69 Å². The summed E-state index contributed by atoms with van der Waals surface area (Å²) in [5.41, 5.74) is 17.7. The number of H-pyrrole nitrogens is 1. The number of aromatic nitrogens is 1. The summed E-state index contributed by atoms with van der Waals surface area (Å²) in [5, 5.41) is 4.10. The van der Waals surface area contributed by atoms with E-state index < -0.39 is 11.7 Å². The number of hydrogen-bond acceptors (Lipinski definition) is 5. The number of carbonyl (C=O) groups is 1. The highest BCUT2D eigenvalue weighted by atomic mass is 16.2. The van der Waals surface area contributed by atoms with Crippen molar-refractivity contribution >= 4 is 16.8 Å². The van der Waals surface area contributed by atoms with Crippen LogP contribution in [0.3, 0.4) is 0 Å². The summed E-state index contributed by atoms with van der Waals surface area (Å²) >= 11 is 0. The van der Waals surface area contributed by atoms with Crippen LogP contribution in [0.25, 0.3) is 22.2 Å². The second-order valence-electron chi connectivity index (χ2n) is 10.9. The molecular weight excluding hydrogens is 448 g/mol. The maximum atomic E-state index is 12.7. The zero-order valence-corrected chi connectivity index (χ0v) is 21.4. The van der Waals surface area contributed by atoms with E-state index in [4.69, 9.17) is 11.5 Å². The second-order valence-corrected chi connectivity index (χ2v) is 10.9. The van der Waals surface area contributed by atoms with Gasteiger partial charge in [-0.2, -0.15) is 0 Å². The lowest BCUT2D eigenvalue weighted by molar-refractivity contribution is -0.128. The molecule has 7 nitrogen and oxygen atoms in total. The van der Waals surface area contributed by atoms with Crippen molar-refractivity contribution in [3.63, 3.8) is 0 Å². The van der Waals surface area contributed by atoms with Crippen molar-refractivity contribution in [3.05, 3.63) is 59.7 Å². The lowest BCUT2D eigenvalue weighted by Crippen LogP contribution is -2.59. The monoisotopic (exact) mass is 488 g/mol. The Morgan fingerprint density at radius 1 is 1.00 bits per heavy atom. The molecule has 2 heterocycles. The lowest BCUT2D eigenvalue weighted by Gasteiger charge is -2.33. The third-order valence-electron chi connectivity index (χ3n) is 7.92. The normalized spacial score (nSPS) is 19.9. The predicted molar refractivity (Wildman–Crippen MR) is 146 cm³/mol. The molecule has 1 saturated carbocycles. The van der Waals surface area contributed by atoms with Crippen LogP contribution in [0, 0.1) is 0 Å². The molecule has 1 atom stereocenters. The fourth-order valence-electron chi connectivity index (χ4n) is 5.55. The molecule has 2 aromatic carbocycles. The molecule has 36 heavy (non-hydrogen) atoms. The maximum absolute atomic E-state index is 12.7. The molecule has 7 heteroatoms. The summed E-state index contributed by atoms with van der Waals surface area (Å²) in [7, 11) is 2.19. The molecule has 3 aromatic rings. The van der Waals surface area contributed by atoms with Crippen LogP contribution in [0.15, 0.2) is 48.5 Å². The number of fused-ring (bicyclic) bond motifs is 1. The van der Waals surface area contributed by atoms with E-state index in [1.165, 1.54) is 11.1 Å². The molecule has 5 rings (SSSR count). The van der Waals surface area contributed by atoms with Gasteiger partial charge in [0.1, 0.15) is 0 Å². The molecule has 0 bridgehead atoms. The molecule has 1 saturated heterocycles. The fraction of sp³-hybridized carbons (Fsp3) is 0.483. The van der Waals surface area contributed by atoms with Gasteiger partial charge in [0.05, 0.1) is 11.7 Å². The number of carbonyl (C=O) groups excluding carboxylic acids is 1. The van der Waals surface area contributed by atoms with Crippen molar-refractivity contribution in [1.29, 1.82) is 0 Å². The molecule has 1 aliphatic carbocycles. The maximum Gasteiger partial charge on any atom is 0.241 e. The number of rotatable bonds is 7. The molecule has 1 amide bonds. The highest BCUT2D eigenvalue weighted by Gasteiger charge is 2.35. The Morgan fingerprint density at radius 2 is 1.69 bits per heavy atom. The summed E-state index contributed by atoms with van der Waals surface area (Å²) in [4.78, 5) is 21.2. The summed E-state index contributed by atoms with van der Waals surface area (Å²) < 4.78 is 0. The van der Waals surface area contributed by atoms with Crippen LogP contribution in [0.1, 0.15) is 43.2 Å². The minimum atomic E-state index is -0.768. The molecule has 0 radical (unpaired) electrons. The van der Waals surface area contributed by atoms with E-state index in [9.17, 15) is 4.79 Å². The standard InChI is InChI=1S/C29H40N6O/c1-34-13-15-35(16-14-34)20-21-5-8-23(9-6-21)26-19-24-17-22(7-10-25(24)32-26)18-27(30)33-28(36)29(31)11-3-2-4-12-29/h5-10,17,19,27,32H,2-4,11-16,18,20,30-31H2,1H3,(H,33,36)/t27-/m0/s1. The van der Waals surface area contributed by atoms with Crippen molar-refractivity contribution in [2.24, 2.45) is 11.5 Å². The van der Waals surface area contributed by atoms with Crippen molar-refractivity contribution in [2.75, 3.05) is 33.2 Å². The molecular formula is C29H40N6O. The first-order chi connectivity index (χ1) is 17.4. The molecule has 1 aliphatic heterocycles. The highest BCUT2D eigenvalue weighted by Crippen LogP contribution is 2.27. The van der Waals surface area contributed by atoms with Gasteiger partial charge in [0.15, 0.2) is 0 Å². The Hall–Kier alpha value is -2.71. The van der Waals surface area contributed by atoms with Crippen molar-refractivity contribution in [1.82, 2.24) is 20.1 Å². The van der Waals surface area contributed by atoms with Crippen LogP contribution >= 0.6 is 0 Å². The number of hydrogen-bond donors (Lipinski definition) is 4. The van der Waals surface area contributed by atoms with Crippen molar-refractivity contribution in [3.8, 4) is 11.3 Å². The molecule has 2 aliphatic rings. The summed E-state index contributed by atoms with van der Waals surface area (Å²) in [5.74, 6) is -0.115. The quantitative estimate of drug-likeness (QED) is 0.383. The molecule has 1 aromatic heterocycles. The van der Waals surface area contributed by atoms with Gasteiger partial charge in [-0.15, -0.1) is 0 Å². The van der Waals surface area contributed by atoms with Gasteiger partial charge in [-0.05, 0) is 54.8 Å². The highest BCUT2D eigenvalue weighted by molar-refractivity contribution is 5.87. The lowest BCUT2D eigenvalue weighted by atomic mass is 9.82. The SMILES string of the molecule is CN1CCN(Cc2ccc(-c3cc4cc(C[C@@H](N)NC(=O)C5(N)CCCCC5)ccc4[nH]3)cc2)CC1. The Kier molecular flexibility index (Phi) is 7.44. The first-order valence-corrected chi connectivity index (χ1v) is 13.4. The number of likely N-dealkylation sites (N-methyl/N-ethyl adjacent to an activating group) is 1. The number of nitrogens with two attached hydrogens (primary N) is 2. The van der Waals surface area contributed by atoms with E-state index in [1.807, 2.05) is 0 Å². The average Bonchev–Trinajstić information content (AvgIpc) is 3.30. The molecule has 2 fully saturated rings. The van der Waals surface area contributed by atoms with Gasteiger partial charge in [0.25, 0.3) is 0 Å². The summed E-state index contributed by atoms with van der Waals surface area (Å²) in [6.07, 6.45) is 4.75. The number of nitrogens with one attached hydrogen (secondary N) is 2. The molecule has 6 N–H and O–H groups in total. The smallest absolute Gasteiger partial charge is 0.241 e. The predicted octanol–water partition coefficient (Wildman–Crippen LogP) is 3.19. The van der Waals surface area contributed by atoms with Crippen LogP contribution < -0.4 is 16.8 Å². The van der Waals surface area contributed by atoms with Gasteiger partial charge >= 0.3 is 0 Å². The Morgan fingerprint density at radius 3 is 2.42 bits per heavy atom. The van der Waals surface area contributed by atoms with Crippen LogP contribution in [0.4, 0.5) is 0 Å². The Bertz CT molecular complexity index is 1170. The number of benzene rings is 2. The van der Waals surface area contributed by atoms with Crippen molar-refractivity contribution < 1.29 is 4.79 Å². The molecule has 192 valence electrons.